The number of anilines is 1. The maximum absolute atomic E-state index is 13.4. The zero-order valence-corrected chi connectivity index (χ0v) is 14.4. The number of nitrogens with zero attached hydrogens (tertiary/aromatic N) is 1. The molecule has 0 bridgehead atoms. The molecule has 10 heteroatoms. The maximum atomic E-state index is 13.4. The van der Waals surface area contributed by atoms with E-state index in [1.807, 2.05) is 5.32 Å². The molecule has 1 aliphatic heterocycles. The smallest absolute Gasteiger partial charge is 0.313 e. The highest BCUT2D eigenvalue weighted by atomic mass is 32.2. The van der Waals surface area contributed by atoms with Crippen LogP contribution in [0.1, 0.15) is 12.8 Å². The average Bonchev–Trinajstić information content (AvgIpc) is 2.55. The monoisotopic (exact) mass is 375 g/mol. The summed E-state index contributed by atoms with van der Waals surface area (Å²) in [6.07, 6.45) is 2.27. The molecule has 1 aliphatic rings. The Labute approximate surface area is 144 Å². The molecule has 0 atom stereocenters. The lowest BCUT2D eigenvalue weighted by Crippen LogP contribution is -2.43. The third-order valence-electron chi connectivity index (χ3n) is 3.98. The average molecular weight is 375 g/mol. The highest BCUT2D eigenvalue weighted by molar-refractivity contribution is 7.88. The molecule has 0 aliphatic carbocycles. The van der Waals surface area contributed by atoms with Crippen LogP contribution >= 0.6 is 0 Å². The predicted octanol–water partition coefficient (Wildman–Crippen LogP) is 0.691. The number of carbonyl (C=O) groups excluding carboxylic acids is 2. The van der Waals surface area contributed by atoms with Gasteiger partial charge in [-0.3, -0.25) is 9.59 Å². The quantitative estimate of drug-likeness (QED) is 0.757. The van der Waals surface area contributed by atoms with Gasteiger partial charge in [0.2, 0.25) is 10.0 Å². The highest BCUT2D eigenvalue weighted by Crippen LogP contribution is 2.18. The fourth-order valence-electron chi connectivity index (χ4n) is 2.53. The van der Waals surface area contributed by atoms with E-state index in [1.165, 1.54) is 4.31 Å². The van der Waals surface area contributed by atoms with E-state index in [9.17, 15) is 26.8 Å². The summed E-state index contributed by atoms with van der Waals surface area (Å²) in [6.45, 7) is 0.926. The molecule has 0 saturated carbocycles. The van der Waals surface area contributed by atoms with Crippen molar-refractivity contribution in [2.45, 2.75) is 12.8 Å². The largest absolute Gasteiger partial charge is 0.348 e. The van der Waals surface area contributed by atoms with E-state index in [4.69, 9.17) is 0 Å². The van der Waals surface area contributed by atoms with Gasteiger partial charge >= 0.3 is 11.8 Å². The van der Waals surface area contributed by atoms with Gasteiger partial charge in [0, 0.05) is 25.7 Å². The Balaban J connectivity index is 1.80. The summed E-state index contributed by atoms with van der Waals surface area (Å²) >= 11 is 0. The van der Waals surface area contributed by atoms with E-state index in [0.717, 1.165) is 24.5 Å². The van der Waals surface area contributed by atoms with Crippen LogP contribution in [-0.4, -0.2) is 50.4 Å². The topological polar surface area (TPSA) is 95.6 Å². The van der Waals surface area contributed by atoms with Crippen LogP contribution in [0.5, 0.6) is 0 Å². The Hall–Kier alpha value is -2.07. The van der Waals surface area contributed by atoms with Crippen molar-refractivity contribution in [1.82, 2.24) is 9.62 Å². The van der Waals surface area contributed by atoms with Gasteiger partial charge < -0.3 is 10.6 Å². The SMILES string of the molecule is CS(=O)(=O)N1CCC(CNC(=O)C(=O)Nc2cc(F)ccc2F)CC1. The zero-order chi connectivity index (χ0) is 18.6. The van der Waals surface area contributed by atoms with Gasteiger partial charge in [0.25, 0.3) is 0 Å². The number of rotatable bonds is 4. The van der Waals surface area contributed by atoms with Crippen molar-refractivity contribution >= 4 is 27.5 Å². The van der Waals surface area contributed by atoms with Crippen LogP contribution in [0, 0.1) is 17.6 Å². The third kappa shape index (κ3) is 5.46. The Morgan fingerprint density at radius 3 is 2.44 bits per heavy atom. The van der Waals surface area contributed by atoms with Crippen molar-refractivity contribution < 1.29 is 26.8 Å². The van der Waals surface area contributed by atoms with E-state index >= 15 is 0 Å². The van der Waals surface area contributed by atoms with Crippen LogP contribution in [0.25, 0.3) is 0 Å². The Bertz CT molecular complexity index is 762. The van der Waals surface area contributed by atoms with Crippen LogP contribution < -0.4 is 10.6 Å². The molecule has 138 valence electrons. The fraction of sp³-hybridized carbons (Fsp3) is 0.467. The Morgan fingerprint density at radius 2 is 1.84 bits per heavy atom. The molecule has 0 radical (unpaired) electrons. The maximum Gasteiger partial charge on any atom is 0.313 e. The molecule has 1 heterocycles. The van der Waals surface area contributed by atoms with Gasteiger partial charge in [-0.15, -0.1) is 0 Å². The van der Waals surface area contributed by atoms with E-state index in [0.29, 0.717) is 25.9 Å². The third-order valence-corrected chi connectivity index (χ3v) is 5.28. The highest BCUT2D eigenvalue weighted by Gasteiger charge is 2.25. The van der Waals surface area contributed by atoms with Crippen molar-refractivity contribution in [1.29, 1.82) is 0 Å². The first-order chi connectivity index (χ1) is 11.7. The van der Waals surface area contributed by atoms with Crippen LogP contribution in [0.15, 0.2) is 18.2 Å². The fourth-order valence-corrected chi connectivity index (χ4v) is 3.41. The second-order valence-electron chi connectivity index (χ2n) is 5.89. The van der Waals surface area contributed by atoms with Crippen molar-refractivity contribution in [3.8, 4) is 0 Å². The molecule has 2 rings (SSSR count). The molecule has 25 heavy (non-hydrogen) atoms. The van der Waals surface area contributed by atoms with Crippen LogP contribution in [-0.2, 0) is 19.6 Å². The number of hydrogen-bond donors (Lipinski definition) is 2. The predicted molar refractivity (Wildman–Crippen MR) is 87.1 cm³/mol. The van der Waals surface area contributed by atoms with Crippen molar-refractivity contribution in [3.63, 3.8) is 0 Å². The number of carbonyl (C=O) groups is 2. The molecule has 0 spiro atoms. The first-order valence-electron chi connectivity index (χ1n) is 7.66. The van der Waals surface area contributed by atoms with Gasteiger partial charge in [-0.2, -0.15) is 0 Å². The molecule has 7 nitrogen and oxygen atoms in total. The first kappa shape index (κ1) is 19.3. The number of halogens is 2. The Kier molecular flexibility index (Phi) is 6.07. The first-order valence-corrected chi connectivity index (χ1v) is 9.51. The molecule has 1 fully saturated rings. The molecule has 1 saturated heterocycles. The minimum atomic E-state index is -3.22. The van der Waals surface area contributed by atoms with Crippen LogP contribution in [0.4, 0.5) is 14.5 Å². The van der Waals surface area contributed by atoms with Gasteiger partial charge in [0.1, 0.15) is 11.6 Å². The number of benzene rings is 1. The summed E-state index contributed by atoms with van der Waals surface area (Å²) in [5.41, 5.74) is -0.415. The van der Waals surface area contributed by atoms with Crippen molar-refractivity contribution in [3.05, 3.63) is 29.8 Å². The second-order valence-corrected chi connectivity index (χ2v) is 7.88. The van der Waals surface area contributed by atoms with Gasteiger partial charge in [-0.05, 0) is 30.9 Å². The van der Waals surface area contributed by atoms with Gasteiger partial charge in [-0.25, -0.2) is 21.5 Å². The standard InChI is InChI=1S/C15H19F2N3O4S/c1-25(23,24)20-6-4-10(5-7-20)9-18-14(21)15(22)19-13-8-11(16)2-3-12(13)17/h2-3,8,10H,4-7,9H2,1H3,(H,18,21)(H,19,22). The molecular weight excluding hydrogens is 356 g/mol. The molecule has 1 aromatic carbocycles. The summed E-state index contributed by atoms with van der Waals surface area (Å²) in [7, 11) is -3.22. The van der Waals surface area contributed by atoms with Crippen molar-refractivity contribution in [2.75, 3.05) is 31.2 Å². The molecule has 2 amide bonds. The van der Waals surface area contributed by atoms with Crippen molar-refractivity contribution in [2.24, 2.45) is 5.92 Å². The molecule has 1 aromatic rings. The summed E-state index contributed by atoms with van der Waals surface area (Å²) in [5.74, 6) is -3.61. The molecule has 0 aromatic heterocycles. The minimum Gasteiger partial charge on any atom is -0.348 e. The Morgan fingerprint density at radius 1 is 1.20 bits per heavy atom. The van der Waals surface area contributed by atoms with Gasteiger partial charge in [0.15, 0.2) is 0 Å². The number of hydrogen-bond acceptors (Lipinski definition) is 4. The number of piperidine rings is 1. The summed E-state index contributed by atoms with van der Waals surface area (Å²) in [4.78, 5) is 23.5. The zero-order valence-electron chi connectivity index (χ0n) is 13.6. The molecular formula is C15H19F2N3O4S. The van der Waals surface area contributed by atoms with E-state index in [1.54, 1.807) is 0 Å². The lowest BCUT2D eigenvalue weighted by atomic mass is 9.98. The minimum absolute atomic E-state index is 0.0423. The lowest BCUT2D eigenvalue weighted by molar-refractivity contribution is -0.136. The van der Waals surface area contributed by atoms with E-state index < -0.39 is 39.2 Å². The van der Waals surface area contributed by atoms with E-state index in [-0.39, 0.29) is 12.5 Å². The summed E-state index contributed by atoms with van der Waals surface area (Å²) in [5, 5.41) is 4.44. The second kappa shape index (κ2) is 7.87. The lowest BCUT2D eigenvalue weighted by Gasteiger charge is -2.30. The van der Waals surface area contributed by atoms with Crippen LogP contribution in [0.3, 0.4) is 0 Å². The normalized spacial score (nSPS) is 16.4. The number of amides is 2. The van der Waals surface area contributed by atoms with Gasteiger partial charge in [-0.1, -0.05) is 0 Å². The van der Waals surface area contributed by atoms with Crippen LogP contribution in [0.2, 0.25) is 0 Å². The number of sulfonamides is 1. The molecule has 2 N–H and O–H groups in total. The summed E-state index contributed by atoms with van der Waals surface area (Å²) < 4.78 is 50.7. The molecule has 0 unspecified atom stereocenters. The van der Waals surface area contributed by atoms with E-state index in [2.05, 4.69) is 5.32 Å². The summed E-state index contributed by atoms with van der Waals surface area (Å²) in [6, 6.07) is 2.52. The number of nitrogens with one attached hydrogen (secondary N) is 2. The van der Waals surface area contributed by atoms with Gasteiger partial charge in [0.05, 0.1) is 11.9 Å².